The van der Waals surface area contributed by atoms with E-state index in [0.717, 1.165) is 0 Å². The number of hydrogen-bond donors (Lipinski definition) is 0. The normalized spacial score (nSPS) is 12.9. The van der Waals surface area contributed by atoms with Gasteiger partial charge in [0.2, 0.25) is 0 Å². The minimum absolute atomic E-state index is 0.124. The Balaban J connectivity index is 3.05. The van der Waals surface area contributed by atoms with Crippen molar-refractivity contribution in [2.24, 2.45) is 0 Å². The summed E-state index contributed by atoms with van der Waals surface area (Å²) in [7, 11) is 0. The quantitative estimate of drug-likeness (QED) is 0.417. The molecule has 0 aromatic heterocycles. The van der Waals surface area contributed by atoms with Gasteiger partial charge in [0.05, 0.1) is 12.3 Å². The molecule has 8 heavy (non-hydrogen) atoms. The van der Waals surface area contributed by atoms with Gasteiger partial charge in [0, 0.05) is 0 Å². The fourth-order valence-electron chi connectivity index (χ4n) is 0.208. The molecule has 0 fully saturated rings. The largest absolute Gasteiger partial charge is 0.464 e. The van der Waals surface area contributed by atoms with Crippen molar-refractivity contribution in [2.45, 2.75) is 12.3 Å². The molecule has 47 valence electrons. The van der Waals surface area contributed by atoms with E-state index in [0.29, 0.717) is 0 Å². The third kappa shape index (κ3) is 5.76. The van der Waals surface area contributed by atoms with E-state index in [2.05, 4.69) is 11.7 Å². The molecule has 0 aromatic rings. The van der Waals surface area contributed by atoms with E-state index < -0.39 is 5.97 Å². The molecule has 0 aliphatic rings. The number of halogens is 1. The molecule has 0 amide bonds. The maximum Gasteiger partial charge on any atom is 0.306 e. The van der Waals surface area contributed by atoms with Crippen LogP contribution in [0.15, 0.2) is 0 Å². The molecule has 0 saturated heterocycles. The predicted molar refractivity (Wildman–Crippen MR) is 31.6 cm³/mol. The zero-order chi connectivity index (χ0) is 6.57. The van der Waals surface area contributed by atoms with Crippen molar-refractivity contribution < 1.29 is 9.53 Å². The highest BCUT2D eigenvalue weighted by molar-refractivity contribution is 6.20. The van der Waals surface area contributed by atoms with Crippen molar-refractivity contribution in [3.8, 4) is 0 Å². The van der Waals surface area contributed by atoms with Crippen LogP contribution in [0.1, 0.15) is 6.92 Å². The molecule has 0 spiro atoms. The lowest BCUT2D eigenvalue weighted by atomic mass is 10.5. The molecule has 0 aromatic carbocycles. The number of carbonyl (C=O) groups excluding carboxylic acids is 1. The maximum atomic E-state index is 9.96. The smallest absolute Gasteiger partial charge is 0.306 e. The van der Waals surface area contributed by atoms with E-state index in [1.807, 2.05) is 0 Å². The topological polar surface area (TPSA) is 26.3 Å². The van der Waals surface area contributed by atoms with Gasteiger partial charge in [-0.05, 0) is 6.92 Å². The van der Waals surface area contributed by atoms with E-state index in [9.17, 15) is 4.79 Å². The molecule has 1 atom stereocenters. The Morgan fingerprint density at radius 1 is 2.00 bits per heavy atom. The van der Waals surface area contributed by atoms with Crippen LogP contribution in [0, 0.1) is 6.92 Å². The van der Waals surface area contributed by atoms with Gasteiger partial charge in [-0.25, -0.2) is 0 Å². The van der Waals surface area contributed by atoms with Crippen LogP contribution >= 0.6 is 11.6 Å². The Morgan fingerprint density at radius 2 is 2.50 bits per heavy atom. The molecule has 2 nitrogen and oxygen atoms in total. The summed E-state index contributed by atoms with van der Waals surface area (Å²) in [6, 6.07) is 0. The molecular formula is C5H8ClO2. The standard InChI is InChI=1S/C5H8ClO2/c1-4(6)3-8-5(2)7/h4H,2-3H2,1H3. The number of ether oxygens (including phenoxy) is 1. The van der Waals surface area contributed by atoms with E-state index in [1.165, 1.54) is 0 Å². The number of rotatable bonds is 2. The first-order valence-corrected chi connectivity index (χ1v) is 2.69. The van der Waals surface area contributed by atoms with Crippen LogP contribution < -0.4 is 0 Å². The highest BCUT2D eigenvalue weighted by atomic mass is 35.5. The first-order chi connectivity index (χ1) is 3.63. The lowest BCUT2D eigenvalue weighted by Gasteiger charge is -2.00. The van der Waals surface area contributed by atoms with Crippen LogP contribution in [0.4, 0.5) is 0 Å². The van der Waals surface area contributed by atoms with Crippen molar-refractivity contribution in [1.29, 1.82) is 0 Å². The summed E-state index contributed by atoms with van der Waals surface area (Å²) in [6.45, 7) is 4.97. The Hall–Kier alpha value is -0.240. The fourth-order valence-corrected chi connectivity index (χ4v) is 0.271. The second-order valence-corrected chi connectivity index (χ2v) is 2.21. The van der Waals surface area contributed by atoms with Crippen molar-refractivity contribution in [3.05, 3.63) is 6.92 Å². The monoisotopic (exact) mass is 135 g/mol. The molecule has 0 saturated carbocycles. The predicted octanol–water partition coefficient (Wildman–Crippen LogP) is 0.991. The average Bonchev–Trinajstić information content (AvgIpc) is 1.61. The zero-order valence-electron chi connectivity index (χ0n) is 4.69. The summed E-state index contributed by atoms with van der Waals surface area (Å²) in [5.74, 6) is -0.530. The summed E-state index contributed by atoms with van der Waals surface area (Å²) in [5.41, 5.74) is 0. The van der Waals surface area contributed by atoms with Crippen LogP contribution in [-0.4, -0.2) is 18.0 Å². The van der Waals surface area contributed by atoms with Gasteiger partial charge in [-0.15, -0.1) is 11.6 Å². The van der Waals surface area contributed by atoms with Gasteiger partial charge in [0.1, 0.15) is 6.61 Å². The molecule has 0 aliphatic heterocycles. The number of carbonyl (C=O) groups is 1. The summed E-state index contributed by atoms with van der Waals surface area (Å²) < 4.78 is 4.42. The molecule has 0 bridgehead atoms. The Kier molecular flexibility index (Phi) is 3.61. The first-order valence-electron chi connectivity index (χ1n) is 2.25. The summed E-state index contributed by atoms with van der Waals surface area (Å²) >= 11 is 5.42. The fraction of sp³-hybridized carbons (Fsp3) is 0.600. The molecule has 1 radical (unpaired) electrons. The lowest BCUT2D eigenvalue weighted by molar-refractivity contribution is -0.138. The Bertz CT molecular complexity index is 80.5. The van der Waals surface area contributed by atoms with Gasteiger partial charge in [-0.2, -0.15) is 0 Å². The minimum atomic E-state index is -0.530. The Morgan fingerprint density at radius 3 is 2.62 bits per heavy atom. The summed E-state index contributed by atoms with van der Waals surface area (Å²) in [6.07, 6.45) is 0. The molecule has 1 unspecified atom stereocenters. The molecule has 0 heterocycles. The summed E-state index contributed by atoms with van der Waals surface area (Å²) in [4.78, 5) is 9.96. The van der Waals surface area contributed by atoms with Crippen molar-refractivity contribution in [1.82, 2.24) is 0 Å². The number of alkyl halides is 1. The van der Waals surface area contributed by atoms with Gasteiger partial charge in [-0.1, -0.05) is 0 Å². The maximum absolute atomic E-state index is 9.96. The van der Waals surface area contributed by atoms with Crippen molar-refractivity contribution in [2.75, 3.05) is 6.61 Å². The van der Waals surface area contributed by atoms with Gasteiger partial charge < -0.3 is 4.74 Å². The van der Waals surface area contributed by atoms with Gasteiger partial charge >= 0.3 is 5.97 Å². The van der Waals surface area contributed by atoms with Crippen LogP contribution in [-0.2, 0) is 9.53 Å². The lowest BCUT2D eigenvalue weighted by Crippen LogP contribution is -2.08. The van der Waals surface area contributed by atoms with Crippen molar-refractivity contribution >= 4 is 17.6 Å². The highest BCUT2D eigenvalue weighted by Gasteiger charge is 1.96. The third-order valence-corrected chi connectivity index (χ3v) is 0.600. The molecule has 0 N–H and O–H groups in total. The second kappa shape index (κ2) is 3.72. The number of hydrogen-bond acceptors (Lipinski definition) is 2. The van der Waals surface area contributed by atoms with E-state index >= 15 is 0 Å². The second-order valence-electron chi connectivity index (χ2n) is 1.46. The summed E-state index contributed by atoms with van der Waals surface area (Å²) in [5, 5.41) is -0.124. The van der Waals surface area contributed by atoms with Crippen LogP contribution in [0.25, 0.3) is 0 Å². The van der Waals surface area contributed by atoms with Gasteiger partial charge in [0.15, 0.2) is 0 Å². The highest BCUT2D eigenvalue weighted by Crippen LogP contribution is 1.92. The molecular weight excluding hydrogens is 128 g/mol. The van der Waals surface area contributed by atoms with E-state index in [4.69, 9.17) is 11.6 Å². The van der Waals surface area contributed by atoms with Crippen molar-refractivity contribution in [3.63, 3.8) is 0 Å². The third-order valence-electron chi connectivity index (χ3n) is 0.474. The van der Waals surface area contributed by atoms with Crippen LogP contribution in [0.2, 0.25) is 0 Å². The SMILES string of the molecule is [CH2]C(=O)OCC(C)Cl. The number of esters is 1. The molecule has 0 aliphatic carbocycles. The van der Waals surface area contributed by atoms with Crippen LogP contribution in [0.5, 0.6) is 0 Å². The molecule has 0 rings (SSSR count). The molecule has 3 heteroatoms. The Labute approximate surface area is 53.8 Å². The minimum Gasteiger partial charge on any atom is -0.464 e. The zero-order valence-corrected chi connectivity index (χ0v) is 5.44. The van der Waals surface area contributed by atoms with Gasteiger partial charge in [-0.3, -0.25) is 4.79 Å². The van der Waals surface area contributed by atoms with Crippen LogP contribution in [0.3, 0.4) is 0 Å². The van der Waals surface area contributed by atoms with E-state index in [1.54, 1.807) is 6.92 Å². The van der Waals surface area contributed by atoms with E-state index in [-0.39, 0.29) is 12.0 Å². The van der Waals surface area contributed by atoms with Gasteiger partial charge in [0.25, 0.3) is 0 Å². The average molecular weight is 136 g/mol. The first kappa shape index (κ1) is 7.76.